The molecule has 44 heavy (non-hydrogen) atoms. The Hall–Kier alpha value is -2.68. The monoisotopic (exact) mass is 652 g/mol. The number of hydrogen-bond donors (Lipinski definition) is 2. The molecule has 0 atom stereocenters. The standard InChI is InChI=1S/C15H22N2O5S.C15H22N2O3S/c1-10-8-12(23(3,20)21)17-13(16-10)11-4-6-15(9-18,7-5-11)14(19)22-2;1-10-8-12(21-3)17-13(16-10)11-4-6-15(9-18,7-5-11)14(19)20-2/h8,11,18H,4-7,9H2,1-3H3;8,11,18H,4-7,9H2,1-3H3. The molecule has 4 rings (SSSR count). The zero-order chi connectivity index (χ0) is 32.7. The lowest BCUT2D eigenvalue weighted by atomic mass is 9.70. The molecule has 12 nitrogen and oxygen atoms in total. The van der Waals surface area contributed by atoms with Crippen molar-refractivity contribution in [3.63, 3.8) is 0 Å². The molecule has 14 heteroatoms. The van der Waals surface area contributed by atoms with Gasteiger partial charge in [0.2, 0.25) is 0 Å². The van der Waals surface area contributed by atoms with Crippen LogP contribution in [0.25, 0.3) is 0 Å². The van der Waals surface area contributed by atoms with Crippen LogP contribution in [0.1, 0.15) is 86.2 Å². The zero-order valence-corrected chi connectivity index (χ0v) is 28.0. The third-order valence-corrected chi connectivity index (χ3v) is 10.3. The predicted molar refractivity (Wildman–Crippen MR) is 164 cm³/mol. The van der Waals surface area contributed by atoms with Crippen LogP contribution in [-0.2, 0) is 28.9 Å². The van der Waals surface area contributed by atoms with Crippen LogP contribution >= 0.6 is 11.8 Å². The second kappa shape index (κ2) is 15.1. The van der Waals surface area contributed by atoms with E-state index in [0.717, 1.165) is 35.6 Å². The minimum atomic E-state index is -3.40. The quantitative estimate of drug-likeness (QED) is 0.241. The van der Waals surface area contributed by atoms with E-state index in [0.29, 0.717) is 50.0 Å². The number of nitrogens with zero attached hydrogens (tertiary/aromatic N) is 4. The number of thioether (sulfide) groups is 1. The average Bonchev–Trinajstić information content (AvgIpc) is 3.03. The SMILES string of the molecule is COC(=O)C1(CO)CCC(c2nc(C)cc(S(C)(=O)=O)n2)CC1.COC(=O)C1(CO)CCC(c2nc(C)cc(SC)n2)CC1. The van der Waals surface area contributed by atoms with Crippen molar-refractivity contribution in [3.05, 3.63) is 35.2 Å². The van der Waals surface area contributed by atoms with E-state index >= 15 is 0 Å². The Morgan fingerprint density at radius 2 is 1.23 bits per heavy atom. The van der Waals surface area contributed by atoms with Crippen LogP contribution in [0.15, 0.2) is 22.2 Å². The fraction of sp³-hybridized carbons (Fsp3) is 0.667. The number of aliphatic hydroxyl groups excluding tert-OH is 2. The number of carbonyl (C=O) groups is 2. The number of aliphatic hydroxyl groups is 2. The van der Waals surface area contributed by atoms with Crippen molar-refractivity contribution in [1.29, 1.82) is 0 Å². The molecule has 0 radical (unpaired) electrons. The molecule has 0 spiro atoms. The summed E-state index contributed by atoms with van der Waals surface area (Å²) in [5.41, 5.74) is -0.0368. The Labute approximate surface area is 263 Å². The molecule has 2 N–H and O–H groups in total. The van der Waals surface area contributed by atoms with E-state index in [9.17, 15) is 28.2 Å². The summed E-state index contributed by atoms with van der Waals surface area (Å²) in [5, 5.41) is 20.2. The van der Waals surface area contributed by atoms with E-state index < -0.39 is 26.6 Å². The summed E-state index contributed by atoms with van der Waals surface area (Å²) in [5.74, 6) is 0.858. The molecule has 0 aliphatic heterocycles. The summed E-state index contributed by atoms with van der Waals surface area (Å²) >= 11 is 1.61. The zero-order valence-electron chi connectivity index (χ0n) is 26.3. The summed E-state index contributed by atoms with van der Waals surface area (Å²) < 4.78 is 33.1. The van der Waals surface area contributed by atoms with Crippen LogP contribution < -0.4 is 0 Å². The number of esters is 2. The molecule has 0 bridgehead atoms. The topological polar surface area (TPSA) is 179 Å². The molecule has 2 aromatic heterocycles. The van der Waals surface area contributed by atoms with Crippen LogP contribution in [0.2, 0.25) is 0 Å². The van der Waals surface area contributed by atoms with Crippen molar-refractivity contribution in [2.24, 2.45) is 10.8 Å². The van der Waals surface area contributed by atoms with Crippen LogP contribution in [0.5, 0.6) is 0 Å². The number of rotatable bonds is 8. The predicted octanol–water partition coefficient (Wildman–Crippen LogP) is 3.31. The highest BCUT2D eigenvalue weighted by molar-refractivity contribution is 7.98. The minimum absolute atomic E-state index is 0.0203. The fourth-order valence-electron chi connectivity index (χ4n) is 5.93. The summed E-state index contributed by atoms with van der Waals surface area (Å²) in [6, 6.07) is 3.43. The van der Waals surface area contributed by atoms with E-state index in [1.165, 1.54) is 20.3 Å². The normalized spacial score (nSPS) is 25.4. The highest BCUT2D eigenvalue weighted by Crippen LogP contribution is 2.44. The highest BCUT2D eigenvalue weighted by Gasteiger charge is 2.44. The molecule has 2 heterocycles. The van der Waals surface area contributed by atoms with Gasteiger partial charge in [0.15, 0.2) is 14.9 Å². The fourth-order valence-corrected chi connectivity index (χ4v) is 7.04. The van der Waals surface area contributed by atoms with Gasteiger partial charge >= 0.3 is 11.9 Å². The summed E-state index contributed by atoms with van der Waals surface area (Å²) in [7, 11) is -0.708. The first-order chi connectivity index (χ1) is 20.8. The van der Waals surface area contributed by atoms with E-state index in [1.54, 1.807) is 18.7 Å². The molecule has 2 aromatic rings. The summed E-state index contributed by atoms with van der Waals surface area (Å²) in [4.78, 5) is 41.5. The number of carbonyl (C=O) groups excluding carboxylic acids is 2. The Morgan fingerprint density at radius 3 is 1.59 bits per heavy atom. The molecule has 2 saturated carbocycles. The molecule has 244 valence electrons. The largest absolute Gasteiger partial charge is 0.469 e. The van der Waals surface area contributed by atoms with E-state index in [2.05, 4.69) is 19.9 Å². The number of aryl methyl sites for hydroxylation is 2. The van der Waals surface area contributed by atoms with Crippen LogP contribution in [0, 0.1) is 24.7 Å². The van der Waals surface area contributed by atoms with Gasteiger partial charge in [-0.1, -0.05) is 0 Å². The highest BCUT2D eigenvalue weighted by atomic mass is 32.2. The van der Waals surface area contributed by atoms with Gasteiger partial charge in [-0.2, -0.15) is 0 Å². The van der Waals surface area contributed by atoms with Crippen molar-refractivity contribution in [2.45, 2.75) is 87.1 Å². The third-order valence-electron chi connectivity index (χ3n) is 8.74. The smallest absolute Gasteiger partial charge is 0.314 e. The molecule has 2 aliphatic carbocycles. The maximum Gasteiger partial charge on any atom is 0.314 e. The third kappa shape index (κ3) is 8.32. The van der Waals surface area contributed by atoms with Crippen LogP contribution in [-0.4, -0.2) is 90.5 Å². The second-order valence-corrected chi connectivity index (χ2v) is 14.6. The summed E-state index contributed by atoms with van der Waals surface area (Å²) in [6.07, 6.45) is 8.08. The molecule has 2 aliphatic rings. The Balaban J connectivity index is 0.000000241. The first-order valence-electron chi connectivity index (χ1n) is 14.6. The van der Waals surface area contributed by atoms with Gasteiger partial charge in [-0.15, -0.1) is 11.8 Å². The van der Waals surface area contributed by atoms with Gasteiger partial charge < -0.3 is 19.7 Å². The van der Waals surface area contributed by atoms with Crippen molar-refractivity contribution in [1.82, 2.24) is 19.9 Å². The Kier molecular flexibility index (Phi) is 12.3. The first kappa shape index (κ1) is 35.8. The lowest BCUT2D eigenvalue weighted by molar-refractivity contribution is -0.159. The number of methoxy groups -OCH3 is 2. The van der Waals surface area contributed by atoms with Crippen LogP contribution in [0.4, 0.5) is 0 Å². The van der Waals surface area contributed by atoms with Gasteiger partial charge in [-0.05, 0) is 83.6 Å². The molecular formula is C30H44N4O8S2. The Morgan fingerprint density at radius 1 is 0.818 bits per heavy atom. The molecule has 0 amide bonds. The van der Waals surface area contributed by atoms with E-state index in [-0.39, 0.29) is 36.0 Å². The van der Waals surface area contributed by atoms with Crippen LogP contribution in [0.3, 0.4) is 0 Å². The van der Waals surface area contributed by atoms with Gasteiger partial charge in [-0.25, -0.2) is 28.4 Å². The van der Waals surface area contributed by atoms with Crippen molar-refractivity contribution >= 4 is 33.5 Å². The number of ether oxygens (including phenoxy) is 2. The minimum Gasteiger partial charge on any atom is -0.469 e. The van der Waals surface area contributed by atoms with Gasteiger partial charge in [0.25, 0.3) is 0 Å². The van der Waals surface area contributed by atoms with Gasteiger partial charge in [0, 0.05) is 29.5 Å². The van der Waals surface area contributed by atoms with Gasteiger partial charge in [0.1, 0.15) is 11.6 Å². The Bertz CT molecular complexity index is 1420. The number of sulfone groups is 1. The van der Waals surface area contributed by atoms with Crippen molar-refractivity contribution in [3.8, 4) is 0 Å². The lowest BCUT2D eigenvalue weighted by Crippen LogP contribution is -2.39. The van der Waals surface area contributed by atoms with Gasteiger partial charge in [-0.3, -0.25) is 9.59 Å². The summed E-state index contributed by atoms with van der Waals surface area (Å²) in [6.45, 7) is 3.29. The van der Waals surface area contributed by atoms with Gasteiger partial charge in [0.05, 0.1) is 43.3 Å². The average molecular weight is 653 g/mol. The van der Waals surface area contributed by atoms with E-state index in [4.69, 9.17) is 9.47 Å². The molecular weight excluding hydrogens is 608 g/mol. The maximum atomic E-state index is 11.9. The first-order valence-corrected chi connectivity index (χ1v) is 17.7. The molecule has 0 saturated heterocycles. The van der Waals surface area contributed by atoms with Crippen molar-refractivity contribution in [2.75, 3.05) is 39.9 Å². The lowest BCUT2D eigenvalue weighted by Gasteiger charge is -2.35. The molecule has 2 fully saturated rings. The second-order valence-electron chi connectivity index (χ2n) is 11.8. The molecule has 0 aromatic carbocycles. The number of aromatic nitrogens is 4. The molecule has 0 unspecified atom stereocenters. The van der Waals surface area contributed by atoms with E-state index in [1.807, 2.05) is 19.2 Å². The van der Waals surface area contributed by atoms with Crippen molar-refractivity contribution < 1.29 is 37.7 Å². The number of hydrogen-bond acceptors (Lipinski definition) is 13. The maximum absolute atomic E-state index is 11.9.